The maximum atomic E-state index is 13.1. The molecule has 160 valence electrons. The largest absolute Gasteiger partial charge is 0.378 e. The number of carbonyl (C=O) groups is 2. The van der Waals surface area contributed by atoms with Gasteiger partial charge in [0.1, 0.15) is 0 Å². The number of rotatable bonds is 5. The van der Waals surface area contributed by atoms with E-state index in [1.165, 1.54) is 0 Å². The van der Waals surface area contributed by atoms with E-state index in [9.17, 15) is 9.59 Å². The average molecular weight is 412 g/mol. The topological polar surface area (TPSA) is 93.5 Å². The summed E-state index contributed by atoms with van der Waals surface area (Å²) in [7, 11) is 0. The van der Waals surface area contributed by atoms with Gasteiger partial charge < -0.3 is 14.5 Å². The van der Waals surface area contributed by atoms with Gasteiger partial charge in [-0.15, -0.1) is 5.10 Å². The number of amides is 2. The molecule has 9 heteroatoms. The van der Waals surface area contributed by atoms with E-state index in [0.29, 0.717) is 44.1 Å². The Bertz CT molecular complexity index is 892. The lowest BCUT2D eigenvalue weighted by Gasteiger charge is -2.36. The molecule has 2 aromatic rings. The molecule has 2 aliphatic rings. The van der Waals surface area contributed by atoms with Crippen molar-refractivity contribution in [3.8, 4) is 0 Å². The van der Waals surface area contributed by atoms with Crippen LogP contribution in [0.1, 0.15) is 52.1 Å². The van der Waals surface area contributed by atoms with Crippen LogP contribution in [-0.4, -0.2) is 80.5 Å². The van der Waals surface area contributed by atoms with Gasteiger partial charge in [0.15, 0.2) is 5.69 Å². The first kappa shape index (κ1) is 20.5. The van der Waals surface area contributed by atoms with Crippen molar-refractivity contribution in [2.24, 2.45) is 0 Å². The highest BCUT2D eigenvalue weighted by atomic mass is 16.5. The number of piperidine rings is 1. The lowest BCUT2D eigenvalue weighted by Crippen LogP contribution is -2.44. The Kier molecular flexibility index (Phi) is 6.37. The van der Waals surface area contributed by atoms with Gasteiger partial charge >= 0.3 is 0 Å². The molecule has 2 amide bonds. The minimum atomic E-state index is -0.105. The molecule has 30 heavy (non-hydrogen) atoms. The molecule has 0 bridgehead atoms. The third kappa shape index (κ3) is 4.51. The zero-order valence-electron chi connectivity index (χ0n) is 17.4. The summed E-state index contributed by atoms with van der Waals surface area (Å²) in [5, 5.41) is 8.19. The van der Waals surface area contributed by atoms with Gasteiger partial charge in [-0.25, -0.2) is 0 Å². The first-order valence-corrected chi connectivity index (χ1v) is 10.6. The van der Waals surface area contributed by atoms with Crippen molar-refractivity contribution in [3.05, 3.63) is 41.5 Å². The van der Waals surface area contributed by atoms with Crippen molar-refractivity contribution in [2.45, 2.75) is 45.2 Å². The second kappa shape index (κ2) is 9.34. The predicted molar refractivity (Wildman–Crippen MR) is 109 cm³/mol. The molecule has 0 radical (unpaired) electrons. The zero-order valence-corrected chi connectivity index (χ0v) is 17.4. The standard InChI is InChI=1S/C21H28N6O3/c1-16-5-7-22-14-18(16)20(28)27-8-3-2-4-17(27)6-9-26-15-19(23-24-26)21(29)25-10-12-30-13-11-25/h5,7,14-15,17H,2-4,6,8-13H2,1H3. The van der Waals surface area contributed by atoms with Crippen molar-refractivity contribution in [1.82, 2.24) is 29.8 Å². The van der Waals surface area contributed by atoms with Gasteiger partial charge in [0.25, 0.3) is 11.8 Å². The molecule has 4 rings (SSSR count). The van der Waals surface area contributed by atoms with Gasteiger partial charge in [-0.1, -0.05) is 5.21 Å². The Morgan fingerprint density at radius 2 is 2.00 bits per heavy atom. The van der Waals surface area contributed by atoms with Crippen molar-refractivity contribution >= 4 is 11.8 Å². The average Bonchev–Trinajstić information content (AvgIpc) is 3.27. The van der Waals surface area contributed by atoms with Gasteiger partial charge in [0.2, 0.25) is 0 Å². The van der Waals surface area contributed by atoms with E-state index >= 15 is 0 Å². The number of nitrogens with zero attached hydrogens (tertiary/aromatic N) is 6. The van der Waals surface area contributed by atoms with E-state index in [0.717, 1.165) is 37.8 Å². The summed E-state index contributed by atoms with van der Waals surface area (Å²) in [6.45, 7) is 5.59. The number of hydrogen-bond acceptors (Lipinski definition) is 6. The minimum absolute atomic E-state index is 0.0482. The van der Waals surface area contributed by atoms with E-state index in [1.54, 1.807) is 28.2 Å². The van der Waals surface area contributed by atoms with Crippen molar-refractivity contribution in [2.75, 3.05) is 32.8 Å². The fraction of sp³-hybridized carbons (Fsp3) is 0.571. The maximum absolute atomic E-state index is 13.1. The molecule has 9 nitrogen and oxygen atoms in total. The van der Waals surface area contributed by atoms with Crippen LogP contribution in [0.25, 0.3) is 0 Å². The molecule has 0 spiro atoms. The van der Waals surface area contributed by atoms with Crippen LogP contribution in [0, 0.1) is 6.92 Å². The lowest BCUT2D eigenvalue weighted by atomic mass is 9.97. The molecule has 0 N–H and O–H groups in total. The molecule has 1 atom stereocenters. The molecule has 2 aromatic heterocycles. The highest BCUT2D eigenvalue weighted by Gasteiger charge is 2.28. The summed E-state index contributed by atoms with van der Waals surface area (Å²) in [5.74, 6) is -0.0573. The Labute approximate surface area is 176 Å². The van der Waals surface area contributed by atoms with E-state index in [-0.39, 0.29) is 17.9 Å². The number of aromatic nitrogens is 4. The number of ether oxygens (including phenoxy) is 1. The molecule has 2 aliphatic heterocycles. The van der Waals surface area contributed by atoms with Crippen LogP contribution in [0.3, 0.4) is 0 Å². The normalized spacial score (nSPS) is 19.7. The molecule has 1 unspecified atom stereocenters. The fourth-order valence-corrected chi connectivity index (χ4v) is 4.13. The summed E-state index contributed by atoms with van der Waals surface area (Å²) in [4.78, 5) is 33.5. The van der Waals surface area contributed by atoms with Gasteiger partial charge in [-0.3, -0.25) is 19.3 Å². The van der Waals surface area contributed by atoms with E-state index in [4.69, 9.17) is 4.74 Å². The van der Waals surface area contributed by atoms with E-state index < -0.39 is 0 Å². The summed E-state index contributed by atoms with van der Waals surface area (Å²) in [6.07, 6.45) is 8.95. The molecule has 0 aliphatic carbocycles. The van der Waals surface area contributed by atoms with Crippen LogP contribution in [0.15, 0.2) is 24.7 Å². The number of morpholine rings is 1. The highest BCUT2D eigenvalue weighted by Crippen LogP contribution is 2.23. The summed E-state index contributed by atoms with van der Waals surface area (Å²) < 4.78 is 7.00. The van der Waals surface area contributed by atoms with Crippen LogP contribution < -0.4 is 0 Å². The monoisotopic (exact) mass is 412 g/mol. The van der Waals surface area contributed by atoms with Crippen molar-refractivity contribution in [1.29, 1.82) is 0 Å². The summed E-state index contributed by atoms with van der Waals surface area (Å²) >= 11 is 0. The highest BCUT2D eigenvalue weighted by molar-refractivity contribution is 5.95. The lowest BCUT2D eigenvalue weighted by molar-refractivity contribution is 0.0299. The smallest absolute Gasteiger partial charge is 0.276 e. The zero-order chi connectivity index (χ0) is 20.9. The molecular formula is C21H28N6O3. The second-order valence-electron chi connectivity index (χ2n) is 7.90. The van der Waals surface area contributed by atoms with Crippen LogP contribution >= 0.6 is 0 Å². The van der Waals surface area contributed by atoms with Crippen LogP contribution in [-0.2, 0) is 11.3 Å². The molecule has 0 saturated carbocycles. The van der Waals surface area contributed by atoms with Gasteiger partial charge in [-0.05, 0) is 44.2 Å². The SMILES string of the molecule is Cc1ccncc1C(=O)N1CCCCC1CCn1cc(C(=O)N2CCOCC2)nn1. The van der Waals surface area contributed by atoms with E-state index in [1.807, 2.05) is 17.9 Å². The molecule has 2 fully saturated rings. The van der Waals surface area contributed by atoms with Gasteiger partial charge in [-0.2, -0.15) is 0 Å². The van der Waals surface area contributed by atoms with Crippen LogP contribution in [0.4, 0.5) is 0 Å². The Morgan fingerprint density at radius 1 is 1.17 bits per heavy atom. The fourth-order valence-electron chi connectivity index (χ4n) is 4.13. The number of likely N-dealkylation sites (tertiary alicyclic amines) is 1. The van der Waals surface area contributed by atoms with Gasteiger partial charge in [0, 0.05) is 44.6 Å². The Hall–Kier alpha value is -2.81. The molecular weight excluding hydrogens is 384 g/mol. The Morgan fingerprint density at radius 3 is 2.80 bits per heavy atom. The summed E-state index contributed by atoms with van der Waals surface area (Å²) in [5.41, 5.74) is 1.98. The summed E-state index contributed by atoms with van der Waals surface area (Å²) in [6, 6.07) is 2.02. The predicted octanol–water partition coefficient (Wildman–Crippen LogP) is 1.54. The molecule has 2 saturated heterocycles. The van der Waals surface area contributed by atoms with Gasteiger partial charge in [0.05, 0.1) is 25.0 Å². The third-order valence-electron chi connectivity index (χ3n) is 5.90. The van der Waals surface area contributed by atoms with Crippen LogP contribution in [0.2, 0.25) is 0 Å². The van der Waals surface area contributed by atoms with Crippen LogP contribution in [0.5, 0.6) is 0 Å². The minimum Gasteiger partial charge on any atom is -0.378 e. The number of carbonyl (C=O) groups excluding carboxylic acids is 2. The molecule has 0 aromatic carbocycles. The van der Waals surface area contributed by atoms with Crippen molar-refractivity contribution in [3.63, 3.8) is 0 Å². The first-order valence-electron chi connectivity index (χ1n) is 10.6. The number of aryl methyl sites for hydroxylation is 2. The second-order valence-corrected chi connectivity index (χ2v) is 7.90. The van der Waals surface area contributed by atoms with E-state index in [2.05, 4.69) is 15.3 Å². The Balaban J connectivity index is 1.38. The quantitative estimate of drug-likeness (QED) is 0.740. The molecule has 4 heterocycles. The van der Waals surface area contributed by atoms with Crippen molar-refractivity contribution < 1.29 is 14.3 Å². The number of pyridine rings is 1. The maximum Gasteiger partial charge on any atom is 0.276 e. The third-order valence-corrected chi connectivity index (χ3v) is 5.90. The first-order chi connectivity index (χ1) is 14.6. The number of hydrogen-bond donors (Lipinski definition) is 0.